The molecule has 33 heavy (non-hydrogen) atoms. The molecule has 0 unspecified atom stereocenters. The number of pyridine rings is 1. The maximum absolute atomic E-state index is 10.5. The Morgan fingerprint density at radius 1 is 1.15 bits per heavy atom. The molecule has 4 heterocycles. The highest BCUT2D eigenvalue weighted by Crippen LogP contribution is 2.37. The Kier molecular flexibility index (Phi) is 5.71. The molecule has 2 saturated heterocycles. The Balaban J connectivity index is 1.53. The number of aromatic nitrogens is 3. The number of aryl methyl sites for hydroxylation is 1. The average Bonchev–Trinajstić information content (AvgIpc) is 3.16. The molecule has 5 rings (SSSR count). The molecule has 4 atom stereocenters. The van der Waals surface area contributed by atoms with Crippen LogP contribution in [0.25, 0.3) is 22.2 Å². The number of rotatable bonds is 4. The van der Waals surface area contributed by atoms with Crippen molar-refractivity contribution in [1.29, 1.82) is 0 Å². The Morgan fingerprint density at radius 3 is 2.70 bits per heavy atom. The fourth-order valence-electron chi connectivity index (χ4n) is 4.48. The van der Waals surface area contributed by atoms with Gasteiger partial charge in [-0.05, 0) is 44.9 Å². The van der Waals surface area contributed by atoms with Gasteiger partial charge in [0.25, 0.3) is 0 Å². The van der Waals surface area contributed by atoms with Crippen molar-refractivity contribution in [2.45, 2.75) is 57.3 Å². The molecule has 0 saturated carbocycles. The summed E-state index contributed by atoms with van der Waals surface area (Å²) in [7, 11) is 0. The van der Waals surface area contributed by atoms with Gasteiger partial charge in [-0.1, -0.05) is 23.2 Å². The molecule has 0 aliphatic carbocycles. The van der Waals surface area contributed by atoms with E-state index in [-0.39, 0.29) is 12.1 Å². The Labute approximate surface area is 200 Å². The van der Waals surface area contributed by atoms with E-state index in [1.165, 1.54) is 6.20 Å². The van der Waals surface area contributed by atoms with E-state index in [2.05, 4.69) is 20.3 Å². The number of halogens is 2. The number of aliphatic hydroxyl groups excluding tert-OH is 1. The smallest absolute Gasteiger partial charge is 0.223 e. The first-order chi connectivity index (χ1) is 15.6. The summed E-state index contributed by atoms with van der Waals surface area (Å²) in [5.41, 5.74) is 2.36. The summed E-state index contributed by atoms with van der Waals surface area (Å²) in [4.78, 5) is 13.4. The zero-order valence-electron chi connectivity index (χ0n) is 18.3. The molecule has 174 valence electrons. The van der Waals surface area contributed by atoms with Gasteiger partial charge in [0.1, 0.15) is 6.10 Å². The van der Waals surface area contributed by atoms with Crippen molar-refractivity contribution in [2.24, 2.45) is 0 Å². The summed E-state index contributed by atoms with van der Waals surface area (Å²) in [5.74, 6) is 0.330. The number of aliphatic hydroxyl groups is 2. The molecule has 8 nitrogen and oxygen atoms in total. The molecule has 3 N–H and O–H groups in total. The number of fused-ring (bicyclic) bond motifs is 3. The number of nitrogens with one attached hydrogen (secondary N) is 1. The number of hydrogen-bond donors (Lipinski definition) is 3. The van der Waals surface area contributed by atoms with E-state index in [9.17, 15) is 10.2 Å². The van der Waals surface area contributed by atoms with Gasteiger partial charge < -0.3 is 25.0 Å². The van der Waals surface area contributed by atoms with Crippen molar-refractivity contribution < 1.29 is 19.7 Å². The summed E-state index contributed by atoms with van der Waals surface area (Å²) in [6, 6.07) is 3.36. The SMILES string of the molecule is Cc1c(C(C)(C)O)cnc2c(Cl)cc(-c3nc(N[C@@H]4C[C@H]5CO[C@H](O5)[C@H]4O)ncc3Cl)cc12. The van der Waals surface area contributed by atoms with Crippen molar-refractivity contribution >= 4 is 40.1 Å². The van der Waals surface area contributed by atoms with Gasteiger partial charge in [0.05, 0.1) is 51.8 Å². The summed E-state index contributed by atoms with van der Waals surface area (Å²) in [5, 5.41) is 25.8. The van der Waals surface area contributed by atoms with Gasteiger partial charge in [-0.15, -0.1) is 0 Å². The lowest BCUT2D eigenvalue weighted by Crippen LogP contribution is -2.48. The minimum atomic E-state index is -1.05. The molecular formula is C23H24Cl2N4O4. The lowest BCUT2D eigenvalue weighted by Gasteiger charge is -2.32. The van der Waals surface area contributed by atoms with Gasteiger partial charge in [-0.25, -0.2) is 9.97 Å². The molecule has 0 amide bonds. The Hall–Kier alpha value is -2.07. The van der Waals surface area contributed by atoms with Crippen LogP contribution < -0.4 is 5.32 Å². The summed E-state index contributed by atoms with van der Waals surface area (Å²) in [6.07, 6.45) is 2.19. The van der Waals surface area contributed by atoms with Gasteiger partial charge in [0, 0.05) is 22.7 Å². The first-order valence-electron chi connectivity index (χ1n) is 10.7. The van der Waals surface area contributed by atoms with Crippen LogP contribution in [0.3, 0.4) is 0 Å². The topological polar surface area (TPSA) is 110 Å². The summed E-state index contributed by atoms with van der Waals surface area (Å²) < 4.78 is 11.0. The average molecular weight is 491 g/mol. The number of benzene rings is 1. The van der Waals surface area contributed by atoms with E-state index in [1.54, 1.807) is 26.1 Å². The van der Waals surface area contributed by atoms with Gasteiger partial charge in [-0.3, -0.25) is 4.98 Å². The van der Waals surface area contributed by atoms with Crippen LogP contribution in [0.2, 0.25) is 10.0 Å². The standard InChI is InChI=1S/C23H24Cl2N4O4/c1-10-13-4-11(5-15(24)19(13)26-7-14(10)23(2,3)31)18-16(25)8-27-22(29-18)28-17-6-12-9-32-21(33-12)20(17)30/h4-5,7-8,12,17,20-21,30-31H,6,9H2,1-3H3,(H,27,28,29)/t12-,17+,20-,21+/m0/s1. The molecule has 2 aliphatic heterocycles. The zero-order chi connectivity index (χ0) is 23.5. The van der Waals surface area contributed by atoms with E-state index >= 15 is 0 Å². The predicted octanol–water partition coefficient (Wildman–Crippen LogP) is 3.82. The highest BCUT2D eigenvalue weighted by molar-refractivity contribution is 6.36. The van der Waals surface area contributed by atoms with Gasteiger partial charge >= 0.3 is 0 Å². The molecule has 0 spiro atoms. The van der Waals surface area contributed by atoms with Crippen LogP contribution in [0.15, 0.2) is 24.5 Å². The molecule has 10 heteroatoms. The van der Waals surface area contributed by atoms with Crippen molar-refractivity contribution in [1.82, 2.24) is 15.0 Å². The highest BCUT2D eigenvalue weighted by atomic mass is 35.5. The second kappa shape index (κ2) is 8.30. The fourth-order valence-corrected chi connectivity index (χ4v) is 4.94. The first-order valence-corrected chi connectivity index (χ1v) is 11.4. The third kappa shape index (κ3) is 4.16. The minimum absolute atomic E-state index is 0.0672. The van der Waals surface area contributed by atoms with E-state index in [4.69, 9.17) is 32.7 Å². The largest absolute Gasteiger partial charge is 0.386 e. The number of ether oxygens (including phenoxy) is 2. The van der Waals surface area contributed by atoms with Crippen LogP contribution in [-0.2, 0) is 15.1 Å². The van der Waals surface area contributed by atoms with Crippen LogP contribution in [0.5, 0.6) is 0 Å². The normalized spacial score (nSPS) is 24.9. The zero-order valence-corrected chi connectivity index (χ0v) is 19.9. The number of nitrogens with zero attached hydrogens (tertiary/aromatic N) is 3. The molecule has 2 aliphatic rings. The van der Waals surface area contributed by atoms with E-state index < -0.39 is 18.0 Å². The second-order valence-electron chi connectivity index (χ2n) is 9.04. The summed E-state index contributed by atoms with van der Waals surface area (Å²) >= 11 is 13.0. The predicted molar refractivity (Wildman–Crippen MR) is 125 cm³/mol. The number of hydrogen-bond acceptors (Lipinski definition) is 8. The second-order valence-corrected chi connectivity index (χ2v) is 9.85. The monoisotopic (exact) mass is 490 g/mol. The molecule has 2 aromatic heterocycles. The third-order valence-electron chi connectivity index (χ3n) is 6.17. The lowest BCUT2D eigenvalue weighted by molar-refractivity contribution is -0.156. The maximum atomic E-state index is 10.5. The molecule has 2 fully saturated rings. The third-order valence-corrected chi connectivity index (χ3v) is 6.73. The Bertz CT molecular complexity index is 1230. The summed E-state index contributed by atoms with van der Waals surface area (Å²) in [6.45, 7) is 5.82. The molecule has 3 aromatic rings. The first kappa shape index (κ1) is 22.7. The van der Waals surface area contributed by atoms with Crippen molar-refractivity contribution in [2.75, 3.05) is 11.9 Å². The van der Waals surface area contributed by atoms with E-state index in [0.29, 0.717) is 51.4 Å². The minimum Gasteiger partial charge on any atom is -0.386 e. The fraction of sp³-hybridized carbons (Fsp3) is 0.435. The van der Waals surface area contributed by atoms with Gasteiger partial charge in [0.2, 0.25) is 5.95 Å². The van der Waals surface area contributed by atoms with Gasteiger partial charge in [-0.2, -0.15) is 0 Å². The van der Waals surface area contributed by atoms with Crippen molar-refractivity contribution in [3.63, 3.8) is 0 Å². The lowest BCUT2D eigenvalue weighted by atomic mass is 9.92. The van der Waals surface area contributed by atoms with E-state index in [1.807, 2.05) is 13.0 Å². The molecular weight excluding hydrogens is 467 g/mol. The number of anilines is 1. The quantitative estimate of drug-likeness (QED) is 0.506. The van der Waals surface area contributed by atoms with Crippen LogP contribution >= 0.6 is 23.2 Å². The van der Waals surface area contributed by atoms with Gasteiger partial charge in [0.15, 0.2) is 6.29 Å². The molecule has 1 aromatic carbocycles. The van der Waals surface area contributed by atoms with Crippen LogP contribution in [0.1, 0.15) is 31.4 Å². The maximum Gasteiger partial charge on any atom is 0.223 e. The van der Waals surface area contributed by atoms with Crippen LogP contribution in [-0.4, -0.2) is 56.3 Å². The van der Waals surface area contributed by atoms with Crippen molar-refractivity contribution in [3.05, 3.63) is 45.7 Å². The molecule has 0 radical (unpaired) electrons. The highest BCUT2D eigenvalue weighted by Gasteiger charge is 2.43. The van der Waals surface area contributed by atoms with Crippen LogP contribution in [0.4, 0.5) is 5.95 Å². The Morgan fingerprint density at radius 2 is 1.94 bits per heavy atom. The van der Waals surface area contributed by atoms with Crippen molar-refractivity contribution in [3.8, 4) is 11.3 Å². The van der Waals surface area contributed by atoms with Crippen LogP contribution in [0, 0.1) is 6.92 Å². The van der Waals surface area contributed by atoms with E-state index in [0.717, 1.165) is 10.9 Å². The molecule has 2 bridgehead atoms.